The normalized spacial score (nSPS) is 12.5. The molecular weight excluding hydrogens is 306 g/mol. The van der Waals surface area contributed by atoms with Gasteiger partial charge < -0.3 is 5.32 Å². The summed E-state index contributed by atoms with van der Waals surface area (Å²) in [7, 11) is 0. The lowest BCUT2D eigenvalue weighted by Crippen LogP contribution is -2.10. The molecule has 2 heterocycles. The lowest BCUT2D eigenvalue weighted by molar-refractivity contribution is 0.627. The summed E-state index contributed by atoms with van der Waals surface area (Å²) >= 11 is 1.42. The van der Waals surface area contributed by atoms with Crippen molar-refractivity contribution >= 4 is 16.7 Å². The molecule has 0 amide bonds. The van der Waals surface area contributed by atoms with Crippen molar-refractivity contribution in [2.75, 3.05) is 5.32 Å². The van der Waals surface area contributed by atoms with Crippen LogP contribution < -0.4 is 5.32 Å². The van der Waals surface area contributed by atoms with Crippen LogP contribution in [0.25, 0.3) is 5.69 Å². The van der Waals surface area contributed by atoms with Crippen molar-refractivity contribution in [1.82, 2.24) is 19.1 Å². The van der Waals surface area contributed by atoms with Gasteiger partial charge in [0.15, 0.2) is 0 Å². The number of hydrogen-bond donors (Lipinski definition) is 1. The fraction of sp³-hybridized carbons (Fsp3) is 0.353. The zero-order valence-electron chi connectivity index (χ0n) is 13.6. The van der Waals surface area contributed by atoms with Gasteiger partial charge in [-0.2, -0.15) is 9.47 Å². The molecule has 0 bridgehead atoms. The number of anilines is 1. The second-order valence-corrected chi connectivity index (χ2v) is 6.74. The summed E-state index contributed by atoms with van der Waals surface area (Å²) in [6, 6.07) is 10.3. The zero-order valence-corrected chi connectivity index (χ0v) is 14.4. The van der Waals surface area contributed by atoms with E-state index in [0.717, 1.165) is 23.1 Å². The molecular formula is C17H21N5S. The molecule has 3 rings (SSSR count). The van der Waals surface area contributed by atoms with E-state index in [2.05, 4.69) is 52.7 Å². The monoisotopic (exact) mass is 327 g/mol. The second-order valence-electron chi connectivity index (χ2n) is 5.99. The Kier molecular flexibility index (Phi) is 4.71. The number of benzene rings is 1. The van der Waals surface area contributed by atoms with E-state index >= 15 is 0 Å². The van der Waals surface area contributed by atoms with Crippen molar-refractivity contribution in [2.45, 2.75) is 33.2 Å². The first kappa shape index (κ1) is 15.7. The molecule has 0 fully saturated rings. The van der Waals surface area contributed by atoms with Gasteiger partial charge in [0, 0.05) is 30.3 Å². The molecule has 3 aromatic rings. The molecule has 0 radical (unpaired) electrons. The van der Waals surface area contributed by atoms with Gasteiger partial charge in [-0.25, -0.2) is 9.67 Å². The summed E-state index contributed by atoms with van der Waals surface area (Å²) in [5.74, 6) is 1.48. The van der Waals surface area contributed by atoms with E-state index in [-0.39, 0.29) is 6.04 Å². The molecule has 1 N–H and O–H groups in total. The SMILES string of the molecule is CC(C)Cc1nsc(NC(C)c2ccccc2-n2cccn2)n1. The molecule has 0 saturated carbocycles. The maximum Gasteiger partial charge on any atom is 0.203 e. The topological polar surface area (TPSA) is 55.6 Å². The third-order valence-electron chi connectivity index (χ3n) is 3.55. The Bertz CT molecular complexity index is 748. The maximum absolute atomic E-state index is 4.58. The van der Waals surface area contributed by atoms with E-state index in [1.165, 1.54) is 17.1 Å². The minimum atomic E-state index is 0.121. The highest BCUT2D eigenvalue weighted by Gasteiger charge is 2.14. The first-order chi connectivity index (χ1) is 11.1. The summed E-state index contributed by atoms with van der Waals surface area (Å²) in [5.41, 5.74) is 2.25. The smallest absolute Gasteiger partial charge is 0.203 e. The summed E-state index contributed by atoms with van der Waals surface area (Å²) in [4.78, 5) is 4.58. The minimum absolute atomic E-state index is 0.121. The maximum atomic E-state index is 4.58. The molecule has 0 aliphatic carbocycles. The Morgan fingerprint density at radius 1 is 1.17 bits per heavy atom. The number of rotatable bonds is 6. The molecule has 0 spiro atoms. The fourth-order valence-corrected chi connectivity index (χ4v) is 3.18. The average Bonchev–Trinajstić information content (AvgIpc) is 3.18. The first-order valence-electron chi connectivity index (χ1n) is 7.81. The van der Waals surface area contributed by atoms with E-state index in [4.69, 9.17) is 0 Å². The lowest BCUT2D eigenvalue weighted by atomic mass is 10.1. The van der Waals surface area contributed by atoms with Gasteiger partial charge in [0.2, 0.25) is 5.13 Å². The van der Waals surface area contributed by atoms with E-state index in [1.54, 1.807) is 6.20 Å². The van der Waals surface area contributed by atoms with Gasteiger partial charge >= 0.3 is 0 Å². The number of nitrogens with one attached hydrogen (secondary N) is 1. The van der Waals surface area contributed by atoms with Crippen LogP contribution in [-0.2, 0) is 6.42 Å². The summed E-state index contributed by atoms with van der Waals surface area (Å²) in [6.07, 6.45) is 4.66. The Balaban J connectivity index is 1.79. The number of aromatic nitrogens is 4. The van der Waals surface area contributed by atoms with E-state index in [1.807, 2.05) is 29.1 Å². The van der Waals surface area contributed by atoms with Crippen LogP contribution in [0.4, 0.5) is 5.13 Å². The van der Waals surface area contributed by atoms with Crippen LogP contribution in [0.2, 0.25) is 0 Å². The van der Waals surface area contributed by atoms with E-state index in [9.17, 15) is 0 Å². The predicted octanol–water partition coefficient (Wildman–Crippen LogP) is 4.10. The molecule has 1 aromatic carbocycles. The van der Waals surface area contributed by atoms with Gasteiger partial charge in [0.25, 0.3) is 0 Å². The summed E-state index contributed by atoms with van der Waals surface area (Å²) < 4.78 is 6.31. The van der Waals surface area contributed by atoms with Crippen molar-refractivity contribution < 1.29 is 0 Å². The molecule has 0 aliphatic rings. The Labute approximate surface area is 140 Å². The van der Waals surface area contributed by atoms with Gasteiger partial charge in [-0.05, 0) is 30.5 Å². The van der Waals surface area contributed by atoms with Gasteiger partial charge in [-0.15, -0.1) is 0 Å². The van der Waals surface area contributed by atoms with Crippen LogP contribution in [0.15, 0.2) is 42.7 Å². The first-order valence-corrected chi connectivity index (χ1v) is 8.59. The van der Waals surface area contributed by atoms with Crippen LogP contribution in [0, 0.1) is 5.92 Å². The molecule has 5 nitrogen and oxygen atoms in total. The third-order valence-corrected chi connectivity index (χ3v) is 4.24. The Morgan fingerprint density at radius 2 is 2.00 bits per heavy atom. The van der Waals surface area contributed by atoms with Crippen LogP contribution in [0.5, 0.6) is 0 Å². The highest BCUT2D eigenvalue weighted by Crippen LogP contribution is 2.25. The second kappa shape index (κ2) is 6.91. The predicted molar refractivity (Wildman–Crippen MR) is 94.1 cm³/mol. The largest absolute Gasteiger partial charge is 0.354 e. The van der Waals surface area contributed by atoms with Crippen molar-refractivity contribution in [2.24, 2.45) is 5.92 Å². The molecule has 1 unspecified atom stereocenters. The molecule has 2 aromatic heterocycles. The van der Waals surface area contributed by atoms with Crippen LogP contribution in [-0.4, -0.2) is 19.1 Å². The van der Waals surface area contributed by atoms with Crippen molar-refractivity contribution in [3.63, 3.8) is 0 Å². The highest BCUT2D eigenvalue weighted by atomic mass is 32.1. The van der Waals surface area contributed by atoms with Crippen molar-refractivity contribution in [1.29, 1.82) is 0 Å². The standard InChI is InChI=1S/C17H21N5S/c1-12(2)11-16-20-17(23-21-16)19-13(3)14-7-4-5-8-15(14)22-10-6-9-18-22/h4-10,12-13H,11H2,1-3H3,(H,19,20,21). The molecule has 1 atom stereocenters. The minimum Gasteiger partial charge on any atom is -0.354 e. The summed E-state index contributed by atoms with van der Waals surface area (Å²) in [5, 5.41) is 8.66. The van der Waals surface area contributed by atoms with Crippen molar-refractivity contribution in [3.05, 3.63) is 54.1 Å². The number of para-hydroxylation sites is 1. The van der Waals surface area contributed by atoms with E-state index in [0.29, 0.717) is 5.92 Å². The third kappa shape index (κ3) is 3.76. The highest BCUT2D eigenvalue weighted by molar-refractivity contribution is 7.09. The summed E-state index contributed by atoms with van der Waals surface area (Å²) in [6.45, 7) is 6.49. The van der Waals surface area contributed by atoms with Gasteiger partial charge in [0.1, 0.15) is 5.82 Å². The molecule has 23 heavy (non-hydrogen) atoms. The van der Waals surface area contributed by atoms with Crippen LogP contribution in [0.3, 0.4) is 0 Å². The van der Waals surface area contributed by atoms with Crippen LogP contribution in [0.1, 0.15) is 38.2 Å². The molecule has 0 aliphatic heterocycles. The number of hydrogen-bond acceptors (Lipinski definition) is 5. The van der Waals surface area contributed by atoms with Gasteiger partial charge in [0.05, 0.1) is 11.7 Å². The molecule has 6 heteroatoms. The van der Waals surface area contributed by atoms with E-state index < -0.39 is 0 Å². The fourth-order valence-electron chi connectivity index (χ4n) is 2.50. The molecule has 120 valence electrons. The van der Waals surface area contributed by atoms with Gasteiger partial charge in [-0.3, -0.25) is 0 Å². The zero-order chi connectivity index (χ0) is 16.2. The molecule has 0 saturated heterocycles. The lowest BCUT2D eigenvalue weighted by Gasteiger charge is -2.17. The Hall–Kier alpha value is -2.21. The average molecular weight is 327 g/mol. The van der Waals surface area contributed by atoms with Crippen LogP contribution >= 0.6 is 11.5 Å². The number of nitrogens with zero attached hydrogens (tertiary/aromatic N) is 4. The van der Waals surface area contributed by atoms with Gasteiger partial charge in [-0.1, -0.05) is 32.0 Å². The Morgan fingerprint density at radius 3 is 2.74 bits per heavy atom. The quantitative estimate of drug-likeness (QED) is 0.741. The van der Waals surface area contributed by atoms with Crippen molar-refractivity contribution in [3.8, 4) is 5.69 Å².